The lowest BCUT2D eigenvalue weighted by atomic mass is 9.76. The lowest BCUT2D eigenvalue weighted by molar-refractivity contribution is -0.192. The second kappa shape index (κ2) is 11.8. The fraction of sp³-hybridized carbons (Fsp3) is 0.444. The number of hydrogen-bond acceptors (Lipinski definition) is 5. The van der Waals surface area contributed by atoms with Gasteiger partial charge in [-0.3, -0.25) is 4.79 Å². The topological polar surface area (TPSA) is 142 Å². The van der Waals surface area contributed by atoms with E-state index in [1.165, 1.54) is 11.8 Å². The van der Waals surface area contributed by atoms with E-state index in [9.17, 15) is 22.8 Å². The van der Waals surface area contributed by atoms with E-state index >= 15 is 0 Å². The van der Waals surface area contributed by atoms with Gasteiger partial charge in [0.2, 0.25) is 0 Å². The van der Waals surface area contributed by atoms with Gasteiger partial charge in [0.1, 0.15) is 6.07 Å². The summed E-state index contributed by atoms with van der Waals surface area (Å²) >= 11 is 0. The summed E-state index contributed by atoms with van der Waals surface area (Å²) in [4.78, 5) is 44.1. The van der Waals surface area contributed by atoms with Gasteiger partial charge < -0.3 is 25.2 Å². The van der Waals surface area contributed by atoms with Crippen LogP contribution in [0.1, 0.15) is 66.5 Å². The first-order chi connectivity index (χ1) is 18.6. The number of nitriles is 1. The van der Waals surface area contributed by atoms with E-state index in [1.807, 2.05) is 32.3 Å². The van der Waals surface area contributed by atoms with Crippen LogP contribution in [0.5, 0.6) is 0 Å². The molecule has 1 aliphatic carbocycles. The van der Waals surface area contributed by atoms with Crippen molar-refractivity contribution in [3.05, 3.63) is 53.1 Å². The predicted molar refractivity (Wildman–Crippen MR) is 140 cm³/mol. The summed E-state index contributed by atoms with van der Waals surface area (Å²) in [5.74, 6) is -2.85. The van der Waals surface area contributed by atoms with Crippen LogP contribution in [0, 0.1) is 16.7 Å². The van der Waals surface area contributed by atoms with Gasteiger partial charge in [-0.2, -0.15) is 18.4 Å². The molecule has 1 aliphatic heterocycles. The van der Waals surface area contributed by atoms with Crippen molar-refractivity contribution in [2.24, 2.45) is 5.41 Å². The number of rotatable bonds is 4. The van der Waals surface area contributed by atoms with Gasteiger partial charge in [0.25, 0.3) is 5.91 Å². The Bertz CT molecular complexity index is 1340. The molecule has 13 heteroatoms. The van der Waals surface area contributed by atoms with Crippen LogP contribution < -0.4 is 5.32 Å². The molecule has 10 nitrogen and oxygen atoms in total. The number of carbonyl (C=O) groups is 3. The average molecular weight is 561 g/mol. The van der Waals surface area contributed by atoms with E-state index in [2.05, 4.69) is 41.3 Å². The highest BCUT2D eigenvalue weighted by atomic mass is 19.4. The molecular formula is C27H31F3N6O4. The monoisotopic (exact) mass is 560 g/mol. The highest BCUT2D eigenvalue weighted by Gasteiger charge is 2.38. The number of benzene rings is 1. The second-order valence-electron chi connectivity index (χ2n) is 10.6. The van der Waals surface area contributed by atoms with Crippen molar-refractivity contribution in [1.82, 2.24) is 19.8 Å². The van der Waals surface area contributed by atoms with Gasteiger partial charge in [0, 0.05) is 50.6 Å². The van der Waals surface area contributed by atoms with Crippen LogP contribution in [-0.4, -0.2) is 76.1 Å². The van der Waals surface area contributed by atoms with E-state index < -0.39 is 12.1 Å². The van der Waals surface area contributed by atoms with Crippen molar-refractivity contribution >= 4 is 29.2 Å². The summed E-state index contributed by atoms with van der Waals surface area (Å²) in [6, 6.07) is 8.08. The molecule has 1 fully saturated rings. The third-order valence-electron chi connectivity index (χ3n) is 6.87. The summed E-state index contributed by atoms with van der Waals surface area (Å²) in [6.07, 6.45) is 1.60. The summed E-state index contributed by atoms with van der Waals surface area (Å²) in [5.41, 5.74) is 4.53. The third kappa shape index (κ3) is 7.40. The van der Waals surface area contributed by atoms with Crippen LogP contribution >= 0.6 is 0 Å². The minimum atomic E-state index is -5.08. The first-order valence-corrected chi connectivity index (χ1v) is 12.5. The van der Waals surface area contributed by atoms with Crippen LogP contribution in [0.4, 0.5) is 23.7 Å². The fourth-order valence-corrected chi connectivity index (χ4v) is 4.57. The number of aliphatic carboxylic acids is 1. The van der Waals surface area contributed by atoms with Crippen molar-refractivity contribution in [2.45, 2.75) is 45.2 Å². The number of alkyl halides is 3. The van der Waals surface area contributed by atoms with Crippen molar-refractivity contribution in [2.75, 3.05) is 32.5 Å². The Labute approximate surface area is 229 Å². The molecule has 2 aromatic rings. The SMILES string of the molecule is CN1CC(c2ccc(NC(=O)c3nc(C#N)c[nH]3)c(C3=CCC(C)(C)CC3)c2)CN(C)C1=O.O=C(O)C(F)(F)F. The molecule has 0 unspecified atom stereocenters. The molecule has 2 aliphatic rings. The Kier molecular flexibility index (Phi) is 8.92. The summed E-state index contributed by atoms with van der Waals surface area (Å²) in [6.45, 7) is 5.86. The molecule has 40 heavy (non-hydrogen) atoms. The van der Waals surface area contributed by atoms with Gasteiger partial charge in [-0.15, -0.1) is 0 Å². The second-order valence-corrected chi connectivity index (χ2v) is 10.6. The Morgan fingerprint density at radius 1 is 1.23 bits per heavy atom. The van der Waals surface area contributed by atoms with Crippen molar-refractivity contribution < 1.29 is 32.7 Å². The van der Waals surface area contributed by atoms with Crippen LogP contribution in [0.25, 0.3) is 5.57 Å². The number of aromatic amines is 1. The van der Waals surface area contributed by atoms with Crippen molar-refractivity contribution in [3.8, 4) is 6.07 Å². The maximum atomic E-state index is 12.8. The molecule has 1 saturated heterocycles. The molecule has 0 spiro atoms. The first-order valence-electron chi connectivity index (χ1n) is 12.5. The number of hydrogen-bond donors (Lipinski definition) is 3. The van der Waals surface area contributed by atoms with Gasteiger partial charge in [0.15, 0.2) is 11.5 Å². The molecule has 0 saturated carbocycles. The van der Waals surface area contributed by atoms with E-state index in [4.69, 9.17) is 15.2 Å². The van der Waals surface area contributed by atoms with Crippen LogP contribution in [0.15, 0.2) is 30.5 Å². The highest BCUT2D eigenvalue weighted by molar-refractivity contribution is 6.03. The molecule has 1 aromatic heterocycles. The molecule has 2 heterocycles. The summed E-state index contributed by atoms with van der Waals surface area (Å²) in [7, 11) is 3.65. The molecule has 0 bridgehead atoms. The number of carbonyl (C=O) groups excluding carboxylic acids is 2. The number of H-pyrrole nitrogens is 1. The smallest absolute Gasteiger partial charge is 0.475 e. The molecule has 0 atom stereocenters. The number of imidazole rings is 1. The number of carboxylic acids is 1. The highest BCUT2D eigenvalue weighted by Crippen LogP contribution is 2.41. The number of likely N-dealkylation sites (N-methyl/N-ethyl adjacent to an activating group) is 2. The molecule has 3 amide bonds. The molecule has 0 radical (unpaired) electrons. The fourth-order valence-electron chi connectivity index (χ4n) is 4.57. The van der Waals surface area contributed by atoms with Crippen LogP contribution in [0.3, 0.4) is 0 Å². The minimum absolute atomic E-state index is 0.0303. The summed E-state index contributed by atoms with van der Waals surface area (Å²) < 4.78 is 31.7. The molecular weight excluding hydrogens is 529 g/mol. The number of anilines is 1. The largest absolute Gasteiger partial charge is 0.490 e. The number of nitrogens with one attached hydrogen (secondary N) is 2. The maximum absolute atomic E-state index is 12.8. The number of halogens is 3. The number of aromatic nitrogens is 2. The van der Waals surface area contributed by atoms with E-state index in [1.54, 1.807) is 9.80 Å². The first kappa shape index (κ1) is 30.2. The molecule has 1 aromatic carbocycles. The van der Waals surface area contributed by atoms with Crippen LogP contribution in [0.2, 0.25) is 0 Å². The van der Waals surface area contributed by atoms with E-state index in [0.717, 1.165) is 36.1 Å². The molecule has 3 N–H and O–H groups in total. The summed E-state index contributed by atoms with van der Waals surface area (Å²) in [5, 5.41) is 19.1. The lowest BCUT2D eigenvalue weighted by Crippen LogP contribution is -2.48. The van der Waals surface area contributed by atoms with Gasteiger partial charge in [-0.05, 0) is 47.9 Å². The number of carboxylic acid groups (broad SMARTS) is 1. The van der Waals surface area contributed by atoms with E-state index in [-0.39, 0.29) is 34.8 Å². The normalized spacial score (nSPS) is 17.4. The van der Waals surface area contributed by atoms with Crippen molar-refractivity contribution in [3.63, 3.8) is 0 Å². The number of urea groups is 1. The maximum Gasteiger partial charge on any atom is 0.490 e. The zero-order valence-corrected chi connectivity index (χ0v) is 22.6. The number of amides is 3. The third-order valence-corrected chi connectivity index (χ3v) is 6.87. The molecule has 214 valence electrons. The lowest BCUT2D eigenvalue weighted by Gasteiger charge is -2.37. The van der Waals surface area contributed by atoms with Gasteiger partial charge in [-0.1, -0.05) is 26.0 Å². The minimum Gasteiger partial charge on any atom is -0.475 e. The number of nitrogens with zero attached hydrogens (tertiary/aromatic N) is 4. The van der Waals surface area contributed by atoms with Crippen molar-refractivity contribution in [1.29, 1.82) is 5.26 Å². The predicted octanol–water partition coefficient (Wildman–Crippen LogP) is 4.84. The average Bonchev–Trinajstić information content (AvgIpc) is 3.37. The standard InChI is InChI=1S/C25H30N6O2.C2HF3O2/c1-25(2)9-7-16(8-10-25)20-11-17(18-14-30(3)24(33)31(4)15-18)5-6-21(20)29-23(32)22-27-13-19(12-26)28-22;3-2(4,5)1(6)7/h5-7,11,13,18H,8-10,14-15H2,1-4H3,(H,27,28)(H,29,32);(H,6,7). The van der Waals surface area contributed by atoms with E-state index in [0.29, 0.717) is 13.1 Å². The zero-order chi connectivity index (χ0) is 29.8. The Morgan fingerprint density at radius 2 is 1.85 bits per heavy atom. The Hall–Kier alpha value is -4.34. The van der Waals surface area contributed by atoms with Gasteiger partial charge >= 0.3 is 18.2 Å². The van der Waals surface area contributed by atoms with Gasteiger partial charge in [0.05, 0.1) is 0 Å². The van der Waals surface area contributed by atoms with Gasteiger partial charge in [-0.25, -0.2) is 14.6 Å². The quantitative estimate of drug-likeness (QED) is 0.488. The Morgan fingerprint density at radius 3 is 2.35 bits per heavy atom. The van der Waals surface area contributed by atoms with Crippen LogP contribution in [-0.2, 0) is 4.79 Å². The number of allylic oxidation sites excluding steroid dienone is 2. The molecule has 4 rings (SSSR count). The zero-order valence-electron chi connectivity index (χ0n) is 22.6. The Balaban J connectivity index is 0.000000559.